The Morgan fingerprint density at radius 3 is 2.26 bits per heavy atom. The van der Waals surface area contributed by atoms with E-state index in [9.17, 15) is 24.0 Å². The molecule has 1 aromatic rings. The SMILES string of the molecule is CC[C@@H](C)NC(=O)NC(=O)COC(=O)c1ccc(N2C(=O)CCC2=O)cc1. The predicted octanol–water partition coefficient (Wildman–Crippen LogP) is 1.12. The molecule has 0 bridgehead atoms. The molecule has 1 saturated heterocycles. The molecule has 1 aromatic carbocycles. The van der Waals surface area contributed by atoms with Crippen molar-refractivity contribution in [2.75, 3.05) is 11.5 Å². The second-order valence-corrected chi connectivity index (χ2v) is 6.08. The van der Waals surface area contributed by atoms with Crippen LogP contribution in [0.15, 0.2) is 24.3 Å². The third kappa shape index (κ3) is 5.37. The number of amides is 5. The number of carbonyl (C=O) groups excluding carboxylic acids is 5. The average molecular weight is 375 g/mol. The quantitative estimate of drug-likeness (QED) is 0.568. The van der Waals surface area contributed by atoms with Crippen LogP contribution in [0.25, 0.3) is 0 Å². The lowest BCUT2D eigenvalue weighted by Crippen LogP contribution is -2.44. The number of urea groups is 1. The molecular weight excluding hydrogens is 354 g/mol. The van der Waals surface area contributed by atoms with E-state index in [1.54, 1.807) is 6.92 Å². The van der Waals surface area contributed by atoms with Gasteiger partial charge < -0.3 is 10.1 Å². The zero-order valence-electron chi connectivity index (χ0n) is 15.1. The zero-order chi connectivity index (χ0) is 20.0. The first-order chi connectivity index (χ1) is 12.8. The van der Waals surface area contributed by atoms with Crippen LogP contribution in [0, 0.1) is 0 Å². The lowest BCUT2D eigenvalue weighted by atomic mass is 10.2. The van der Waals surface area contributed by atoms with Crippen LogP contribution < -0.4 is 15.5 Å². The molecule has 0 radical (unpaired) electrons. The molecule has 1 heterocycles. The van der Waals surface area contributed by atoms with Gasteiger partial charge in [0.1, 0.15) is 0 Å². The molecule has 1 atom stereocenters. The minimum absolute atomic E-state index is 0.0896. The van der Waals surface area contributed by atoms with Crippen molar-refractivity contribution < 1.29 is 28.7 Å². The van der Waals surface area contributed by atoms with Crippen molar-refractivity contribution in [3.63, 3.8) is 0 Å². The summed E-state index contributed by atoms with van der Waals surface area (Å²) in [6.45, 7) is 3.06. The molecule has 9 nitrogen and oxygen atoms in total. The Morgan fingerprint density at radius 1 is 1.11 bits per heavy atom. The first kappa shape index (κ1) is 20.1. The normalized spacial score (nSPS) is 14.7. The second-order valence-electron chi connectivity index (χ2n) is 6.08. The standard InChI is InChI=1S/C18H21N3O6/c1-3-11(2)19-18(26)20-14(22)10-27-17(25)12-4-6-13(7-5-12)21-15(23)8-9-16(21)24/h4-7,11H,3,8-10H2,1-2H3,(H2,19,20,22,26)/t11-/m1/s1. The minimum Gasteiger partial charge on any atom is -0.452 e. The predicted molar refractivity (Wildman–Crippen MR) is 94.9 cm³/mol. The fourth-order valence-electron chi connectivity index (χ4n) is 2.35. The minimum atomic E-state index is -0.766. The highest BCUT2D eigenvalue weighted by molar-refractivity contribution is 6.19. The molecular formula is C18H21N3O6. The molecule has 5 amide bonds. The van der Waals surface area contributed by atoms with Crippen LogP contribution in [0.3, 0.4) is 0 Å². The summed E-state index contributed by atoms with van der Waals surface area (Å²) in [6.07, 6.45) is 1.05. The number of benzene rings is 1. The van der Waals surface area contributed by atoms with E-state index in [0.29, 0.717) is 12.1 Å². The fraction of sp³-hybridized carbons (Fsp3) is 0.389. The third-order valence-corrected chi connectivity index (χ3v) is 3.99. The number of nitrogens with zero attached hydrogens (tertiary/aromatic N) is 1. The maximum absolute atomic E-state index is 12.0. The molecule has 0 spiro atoms. The van der Waals surface area contributed by atoms with E-state index in [4.69, 9.17) is 4.74 Å². The molecule has 0 saturated carbocycles. The monoisotopic (exact) mass is 375 g/mol. The van der Waals surface area contributed by atoms with Crippen molar-refractivity contribution in [3.05, 3.63) is 29.8 Å². The molecule has 1 aliphatic heterocycles. The molecule has 2 N–H and O–H groups in total. The molecule has 1 fully saturated rings. The van der Waals surface area contributed by atoms with Gasteiger partial charge in [-0.25, -0.2) is 9.59 Å². The van der Waals surface area contributed by atoms with Gasteiger partial charge in [0, 0.05) is 18.9 Å². The van der Waals surface area contributed by atoms with Gasteiger partial charge >= 0.3 is 12.0 Å². The zero-order valence-corrected chi connectivity index (χ0v) is 15.1. The van der Waals surface area contributed by atoms with Crippen LogP contribution in [-0.4, -0.2) is 42.4 Å². The molecule has 27 heavy (non-hydrogen) atoms. The van der Waals surface area contributed by atoms with E-state index in [1.165, 1.54) is 24.3 Å². The Bertz CT molecular complexity index is 743. The van der Waals surface area contributed by atoms with Gasteiger partial charge in [0.25, 0.3) is 5.91 Å². The maximum Gasteiger partial charge on any atom is 0.338 e. The highest BCUT2D eigenvalue weighted by atomic mass is 16.5. The van der Waals surface area contributed by atoms with Gasteiger partial charge in [0.2, 0.25) is 11.8 Å². The molecule has 0 unspecified atom stereocenters. The fourth-order valence-corrected chi connectivity index (χ4v) is 2.35. The topological polar surface area (TPSA) is 122 Å². The van der Waals surface area contributed by atoms with E-state index in [0.717, 1.165) is 4.90 Å². The lowest BCUT2D eigenvalue weighted by Gasteiger charge is -2.14. The number of anilines is 1. The van der Waals surface area contributed by atoms with Gasteiger partial charge in [-0.15, -0.1) is 0 Å². The van der Waals surface area contributed by atoms with Gasteiger partial charge in [-0.2, -0.15) is 0 Å². The number of rotatable bonds is 6. The summed E-state index contributed by atoms with van der Waals surface area (Å²) >= 11 is 0. The molecule has 9 heteroatoms. The number of nitrogens with one attached hydrogen (secondary N) is 2. The molecule has 1 aliphatic rings. The van der Waals surface area contributed by atoms with Crippen LogP contribution in [-0.2, 0) is 19.1 Å². The second kappa shape index (κ2) is 8.93. The summed E-state index contributed by atoms with van der Waals surface area (Å²) in [4.78, 5) is 59.6. The van der Waals surface area contributed by atoms with Crippen molar-refractivity contribution >= 4 is 35.4 Å². The van der Waals surface area contributed by atoms with Gasteiger partial charge in [-0.05, 0) is 37.6 Å². The smallest absolute Gasteiger partial charge is 0.338 e. The van der Waals surface area contributed by atoms with E-state index in [1.807, 2.05) is 6.92 Å². The van der Waals surface area contributed by atoms with Crippen molar-refractivity contribution in [2.24, 2.45) is 0 Å². The summed E-state index contributed by atoms with van der Waals surface area (Å²) < 4.78 is 4.85. The van der Waals surface area contributed by atoms with Crippen LogP contribution in [0.1, 0.15) is 43.5 Å². The summed E-state index contributed by atoms with van der Waals surface area (Å²) in [5.74, 6) is -2.10. The Balaban J connectivity index is 1.85. The number of esters is 1. The van der Waals surface area contributed by atoms with Gasteiger partial charge in [-0.3, -0.25) is 24.6 Å². The number of carbonyl (C=O) groups is 5. The van der Waals surface area contributed by atoms with Crippen LogP contribution in [0.2, 0.25) is 0 Å². The van der Waals surface area contributed by atoms with Crippen molar-refractivity contribution in [3.8, 4) is 0 Å². The summed E-state index contributed by atoms with van der Waals surface area (Å²) in [6, 6.07) is 4.95. The van der Waals surface area contributed by atoms with Crippen LogP contribution >= 0.6 is 0 Å². The number of imide groups is 2. The van der Waals surface area contributed by atoms with Crippen molar-refractivity contribution in [1.82, 2.24) is 10.6 Å². The van der Waals surface area contributed by atoms with E-state index < -0.39 is 24.5 Å². The lowest BCUT2D eigenvalue weighted by molar-refractivity contribution is -0.123. The number of hydrogen-bond donors (Lipinski definition) is 2. The van der Waals surface area contributed by atoms with Crippen LogP contribution in [0.4, 0.5) is 10.5 Å². The summed E-state index contributed by atoms with van der Waals surface area (Å²) in [5.41, 5.74) is 0.521. The molecule has 0 aromatic heterocycles. The van der Waals surface area contributed by atoms with Gasteiger partial charge in [0.15, 0.2) is 6.61 Å². The highest BCUT2D eigenvalue weighted by Gasteiger charge is 2.30. The largest absolute Gasteiger partial charge is 0.452 e. The third-order valence-electron chi connectivity index (χ3n) is 3.99. The van der Waals surface area contributed by atoms with E-state index in [2.05, 4.69) is 10.6 Å². The Kier molecular flexibility index (Phi) is 6.64. The Hall–Kier alpha value is -3.23. The van der Waals surface area contributed by atoms with Crippen LogP contribution in [0.5, 0.6) is 0 Å². The van der Waals surface area contributed by atoms with Gasteiger partial charge in [-0.1, -0.05) is 6.92 Å². The van der Waals surface area contributed by atoms with Crippen molar-refractivity contribution in [1.29, 1.82) is 0 Å². The summed E-state index contributed by atoms with van der Waals surface area (Å²) in [5, 5.41) is 4.61. The summed E-state index contributed by atoms with van der Waals surface area (Å²) in [7, 11) is 0. The maximum atomic E-state index is 12.0. The average Bonchev–Trinajstić information content (AvgIpc) is 2.98. The molecule has 0 aliphatic carbocycles. The molecule has 144 valence electrons. The van der Waals surface area contributed by atoms with E-state index >= 15 is 0 Å². The van der Waals surface area contributed by atoms with Crippen molar-refractivity contribution in [2.45, 2.75) is 39.2 Å². The first-order valence-electron chi connectivity index (χ1n) is 8.55. The Morgan fingerprint density at radius 2 is 1.70 bits per heavy atom. The number of hydrogen-bond acceptors (Lipinski definition) is 6. The number of ether oxygens (including phenoxy) is 1. The Labute approximate surface area is 156 Å². The molecule has 2 rings (SSSR count). The van der Waals surface area contributed by atoms with Gasteiger partial charge in [0.05, 0.1) is 11.3 Å². The van der Waals surface area contributed by atoms with E-state index in [-0.39, 0.29) is 36.3 Å². The highest BCUT2D eigenvalue weighted by Crippen LogP contribution is 2.22. The first-order valence-corrected chi connectivity index (χ1v) is 8.55.